The number of rotatable bonds is 3. The van der Waals surface area contributed by atoms with E-state index in [-0.39, 0.29) is 6.10 Å². The van der Waals surface area contributed by atoms with Gasteiger partial charge in [-0.3, -0.25) is 0 Å². The molecule has 0 aliphatic heterocycles. The van der Waals surface area contributed by atoms with Gasteiger partial charge in [-0.1, -0.05) is 0 Å². The Hall–Kier alpha value is -0.610. The lowest BCUT2D eigenvalue weighted by molar-refractivity contribution is 0.194. The standard InChI is InChI=1S/C9H12BrNO2/c1-6(12)3-7-4-8(10)5-11-9(7)13-2/h4-6,12H,3H2,1-2H3/t6-/m0/s1. The minimum atomic E-state index is -0.384. The van der Waals surface area contributed by atoms with Crippen molar-refractivity contribution in [3.05, 3.63) is 22.3 Å². The molecule has 0 aromatic carbocycles. The van der Waals surface area contributed by atoms with Gasteiger partial charge in [-0.2, -0.15) is 0 Å². The van der Waals surface area contributed by atoms with Crippen molar-refractivity contribution in [2.75, 3.05) is 7.11 Å². The van der Waals surface area contributed by atoms with Crippen LogP contribution in [0.5, 0.6) is 5.88 Å². The Bertz CT molecular complexity index is 289. The number of aromatic nitrogens is 1. The highest BCUT2D eigenvalue weighted by Gasteiger charge is 2.07. The van der Waals surface area contributed by atoms with Gasteiger partial charge in [0, 0.05) is 22.7 Å². The molecular weight excluding hydrogens is 234 g/mol. The van der Waals surface area contributed by atoms with Gasteiger partial charge in [-0.15, -0.1) is 0 Å². The smallest absolute Gasteiger partial charge is 0.216 e. The highest BCUT2D eigenvalue weighted by molar-refractivity contribution is 9.10. The Morgan fingerprint density at radius 3 is 2.92 bits per heavy atom. The van der Waals surface area contributed by atoms with Crippen LogP contribution in [0.4, 0.5) is 0 Å². The average Bonchev–Trinajstić information content (AvgIpc) is 2.03. The molecule has 0 unspecified atom stereocenters. The van der Waals surface area contributed by atoms with E-state index in [4.69, 9.17) is 4.74 Å². The molecule has 0 saturated carbocycles. The Kier molecular flexibility index (Phi) is 3.69. The van der Waals surface area contributed by atoms with Crippen molar-refractivity contribution in [3.63, 3.8) is 0 Å². The summed E-state index contributed by atoms with van der Waals surface area (Å²) in [5.41, 5.74) is 0.909. The molecule has 1 rings (SSSR count). The van der Waals surface area contributed by atoms with Crippen molar-refractivity contribution in [2.24, 2.45) is 0 Å². The predicted octanol–water partition coefficient (Wildman–Crippen LogP) is 1.78. The van der Waals surface area contributed by atoms with Gasteiger partial charge in [0.25, 0.3) is 0 Å². The van der Waals surface area contributed by atoms with E-state index in [1.165, 1.54) is 0 Å². The zero-order valence-electron chi connectivity index (χ0n) is 7.62. The second-order valence-corrected chi connectivity index (χ2v) is 3.79. The molecule has 0 fully saturated rings. The first-order chi connectivity index (χ1) is 6.13. The summed E-state index contributed by atoms with van der Waals surface area (Å²) in [5, 5.41) is 9.22. The quantitative estimate of drug-likeness (QED) is 0.883. The third-order valence-electron chi connectivity index (χ3n) is 1.60. The molecule has 0 radical (unpaired) electrons. The van der Waals surface area contributed by atoms with Gasteiger partial charge in [0.1, 0.15) is 0 Å². The second-order valence-electron chi connectivity index (χ2n) is 2.88. The van der Waals surface area contributed by atoms with Gasteiger partial charge >= 0.3 is 0 Å². The van der Waals surface area contributed by atoms with Crippen molar-refractivity contribution in [1.29, 1.82) is 0 Å². The summed E-state index contributed by atoms with van der Waals surface area (Å²) in [6.45, 7) is 1.74. The van der Waals surface area contributed by atoms with Crippen LogP contribution in [-0.4, -0.2) is 23.3 Å². The van der Waals surface area contributed by atoms with Crippen LogP contribution in [0.1, 0.15) is 12.5 Å². The number of aliphatic hydroxyl groups excluding tert-OH is 1. The minimum absolute atomic E-state index is 0.384. The van der Waals surface area contributed by atoms with Crippen LogP contribution in [0.3, 0.4) is 0 Å². The van der Waals surface area contributed by atoms with Crippen LogP contribution in [0.15, 0.2) is 16.7 Å². The van der Waals surface area contributed by atoms with Crippen molar-refractivity contribution < 1.29 is 9.84 Å². The van der Waals surface area contributed by atoms with Crippen LogP contribution in [0.25, 0.3) is 0 Å². The van der Waals surface area contributed by atoms with E-state index in [9.17, 15) is 5.11 Å². The number of nitrogens with zero attached hydrogens (tertiary/aromatic N) is 1. The summed E-state index contributed by atoms with van der Waals surface area (Å²) in [6.07, 6.45) is 1.84. The molecule has 13 heavy (non-hydrogen) atoms. The number of methoxy groups -OCH3 is 1. The van der Waals surface area contributed by atoms with Crippen molar-refractivity contribution in [3.8, 4) is 5.88 Å². The molecule has 1 atom stereocenters. The molecule has 0 spiro atoms. The van der Waals surface area contributed by atoms with E-state index in [2.05, 4.69) is 20.9 Å². The molecule has 1 N–H and O–H groups in total. The van der Waals surface area contributed by atoms with E-state index >= 15 is 0 Å². The topological polar surface area (TPSA) is 42.4 Å². The molecule has 4 heteroatoms. The van der Waals surface area contributed by atoms with Crippen LogP contribution < -0.4 is 4.74 Å². The maximum Gasteiger partial charge on any atom is 0.216 e. The molecule has 0 aliphatic rings. The number of halogens is 1. The number of hydrogen-bond donors (Lipinski definition) is 1. The monoisotopic (exact) mass is 245 g/mol. The summed E-state index contributed by atoms with van der Waals surface area (Å²) in [6, 6.07) is 1.90. The summed E-state index contributed by atoms with van der Waals surface area (Å²) in [7, 11) is 1.57. The van der Waals surface area contributed by atoms with Crippen LogP contribution >= 0.6 is 15.9 Å². The number of hydrogen-bond acceptors (Lipinski definition) is 3. The fraction of sp³-hybridized carbons (Fsp3) is 0.444. The lowest BCUT2D eigenvalue weighted by atomic mass is 10.1. The maximum atomic E-state index is 9.22. The first-order valence-corrected chi connectivity index (χ1v) is 4.79. The highest BCUT2D eigenvalue weighted by atomic mass is 79.9. The SMILES string of the molecule is COc1ncc(Br)cc1C[C@H](C)O. The molecular formula is C9H12BrNO2. The number of aliphatic hydroxyl groups is 1. The molecule has 0 bridgehead atoms. The van der Waals surface area contributed by atoms with Crippen molar-refractivity contribution in [1.82, 2.24) is 4.98 Å². The third kappa shape index (κ3) is 2.97. The molecule has 1 aromatic rings. The van der Waals surface area contributed by atoms with Crippen molar-refractivity contribution >= 4 is 15.9 Å². The van der Waals surface area contributed by atoms with E-state index in [1.54, 1.807) is 20.2 Å². The second kappa shape index (κ2) is 4.58. The summed E-state index contributed by atoms with van der Waals surface area (Å²) in [5.74, 6) is 0.573. The third-order valence-corrected chi connectivity index (χ3v) is 2.03. The van der Waals surface area contributed by atoms with Crippen LogP contribution in [0, 0.1) is 0 Å². The zero-order valence-corrected chi connectivity index (χ0v) is 9.21. The molecule has 72 valence electrons. The molecule has 0 saturated heterocycles. The lowest BCUT2D eigenvalue weighted by Crippen LogP contribution is -2.06. The van der Waals surface area contributed by atoms with Gasteiger partial charge in [0.05, 0.1) is 13.2 Å². The number of pyridine rings is 1. The molecule has 3 nitrogen and oxygen atoms in total. The van der Waals surface area contributed by atoms with Gasteiger partial charge in [0.2, 0.25) is 5.88 Å². The first-order valence-electron chi connectivity index (χ1n) is 4.00. The van der Waals surface area contributed by atoms with Gasteiger partial charge in [0.15, 0.2) is 0 Å². The molecule has 1 aromatic heterocycles. The normalized spacial score (nSPS) is 12.6. The highest BCUT2D eigenvalue weighted by Crippen LogP contribution is 2.20. The largest absolute Gasteiger partial charge is 0.481 e. The van der Waals surface area contributed by atoms with Crippen LogP contribution in [0.2, 0.25) is 0 Å². The van der Waals surface area contributed by atoms with E-state index in [1.807, 2.05) is 6.07 Å². The Morgan fingerprint density at radius 2 is 2.38 bits per heavy atom. The maximum absolute atomic E-state index is 9.22. The van der Waals surface area contributed by atoms with E-state index in [0.717, 1.165) is 10.0 Å². The minimum Gasteiger partial charge on any atom is -0.481 e. The van der Waals surface area contributed by atoms with Crippen molar-refractivity contribution in [2.45, 2.75) is 19.4 Å². The van der Waals surface area contributed by atoms with Crippen LogP contribution in [-0.2, 0) is 6.42 Å². The Balaban J connectivity index is 2.94. The molecule has 0 amide bonds. The first kappa shape index (κ1) is 10.5. The molecule has 1 heterocycles. The molecule has 0 aliphatic carbocycles. The Morgan fingerprint density at radius 1 is 1.69 bits per heavy atom. The zero-order chi connectivity index (χ0) is 9.84. The lowest BCUT2D eigenvalue weighted by Gasteiger charge is -2.08. The average molecular weight is 246 g/mol. The number of ether oxygens (including phenoxy) is 1. The summed E-state index contributed by atoms with van der Waals surface area (Å²) in [4.78, 5) is 4.07. The fourth-order valence-corrected chi connectivity index (χ4v) is 1.50. The Labute approximate surface area is 85.9 Å². The fourth-order valence-electron chi connectivity index (χ4n) is 1.12. The van der Waals surface area contributed by atoms with E-state index in [0.29, 0.717) is 12.3 Å². The van der Waals surface area contributed by atoms with Gasteiger partial charge in [-0.25, -0.2) is 4.98 Å². The van der Waals surface area contributed by atoms with Gasteiger partial charge < -0.3 is 9.84 Å². The predicted molar refractivity (Wildman–Crippen MR) is 53.9 cm³/mol. The summed E-state index contributed by atoms with van der Waals surface area (Å²) >= 11 is 3.32. The van der Waals surface area contributed by atoms with E-state index < -0.39 is 0 Å². The van der Waals surface area contributed by atoms with Gasteiger partial charge in [-0.05, 0) is 28.9 Å². The summed E-state index contributed by atoms with van der Waals surface area (Å²) < 4.78 is 5.95.